The van der Waals surface area contributed by atoms with Crippen LogP contribution in [-0.4, -0.2) is 54.5 Å². The van der Waals surface area contributed by atoms with E-state index in [2.05, 4.69) is 20.4 Å². The maximum atomic E-state index is 5.41. The molecular formula is C14H16N4O2S. The molecule has 0 spiro atoms. The maximum Gasteiger partial charge on any atom is 0.231 e. The van der Waals surface area contributed by atoms with E-state index in [9.17, 15) is 0 Å². The summed E-state index contributed by atoms with van der Waals surface area (Å²) in [6.07, 6.45) is 0. The Bertz CT molecular complexity index is 611. The van der Waals surface area contributed by atoms with Crippen molar-refractivity contribution in [1.82, 2.24) is 10.2 Å². The summed E-state index contributed by atoms with van der Waals surface area (Å²) in [5.41, 5.74) is 2.03. The van der Waals surface area contributed by atoms with Crippen LogP contribution in [-0.2, 0) is 0 Å². The summed E-state index contributed by atoms with van der Waals surface area (Å²) in [5.74, 6) is 2.42. The first-order chi connectivity index (χ1) is 10.4. The molecule has 0 saturated carbocycles. The van der Waals surface area contributed by atoms with Gasteiger partial charge in [0, 0.05) is 37.5 Å². The molecule has 3 heterocycles. The second-order valence-electron chi connectivity index (χ2n) is 5.02. The Labute approximate surface area is 127 Å². The van der Waals surface area contributed by atoms with Gasteiger partial charge in [0.2, 0.25) is 6.79 Å². The number of nitrogens with zero attached hydrogens (tertiary/aromatic N) is 3. The summed E-state index contributed by atoms with van der Waals surface area (Å²) < 4.78 is 10.7. The van der Waals surface area contributed by atoms with Gasteiger partial charge in [-0.1, -0.05) is 11.8 Å². The minimum absolute atomic E-state index is 0.297. The molecule has 0 radical (unpaired) electrons. The van der Waals surface area contributed by atoms with Crippen molar-refractivity contribution in [3.8, 4) is 11.5 Å². The predicted octanol–water partition coefficient (Wildman–Crippen LogP) is 1.13. The third-order valence-corrected chi connectivity index (χ3v) is 4.70. The third-order valence-electron chi connectivity index (χ3n) is 3.69. The van der Waals surface area contributed by atoms with E-state index < -0.39 is 0 Å². The smallest absolute Gasteiger partial charge is 0.231 e. The molecule has 3 aliphatic rings. The minimum Gasteiger partial charge on any atom is -0.454 e. The van der Waals surface area contributed by atoms with Gasteiger partial charge < -0.3 is 19.7 Å². The van der Waals surface area contributed by atoms with Crippen molar-refractivity contribution in [2.75, 3.05) is 38.7 Å². The lowest BCUT2D eigenvalue weighted by Gasteiger charge is -2.30. The van der Waals surface area contributed by atoms with E-state index in [-0.39, 0.29) is 0 Å². The van der Waals surface area contributed by atoms with Crippen molar-refractivity contribution in [2.45, 2.75) is 0 Å². The minimum atomic E-state index is 0.297. The van der Waals surface area contributed by atoms with Crippen molar-refractivity contribution in [1.29, 1.82) is 0 Å². The molecule has 21 heavy (non-hydrogen) atoms. The number of fused-ring (bicyclic) bond motifs is 1. The van der Waals surface area contributed by atoms with Crippen molar-refractivity contribution >= 4 is 22.6 Å². The van der Waals surface area contributed by atoms with Crippen LogP contribution in [0.4, 0.5) is 0 Å². The first-order valence-electron chi connectivity index (χ1n) is 7.03. The van der Waals surface area contributed by atoms with E-state index in [0.29, 0.717) is 6.79 Å². The van der Waals surface area contributed by atoms with E-state index >= 15 is 0 Å². The van der Waals surface area contributed by atoms with Crippen LogP contribution in [0, 0.1) is 0 Å². The summed E-state index contributed by atoms with van der Waals surface area (Å²) in [5, 5.41) is 13.2. The van der Waals surface area contributed by atoms with Crippen LogP contribution < -0.4 is 14.8 Å². The van der Waals surface area contributed by atoms with E-state index in [0.717, 1.165) is 59.9 Å². The predicted molar refractivity (Wildman–Crippen MR) is 83.4 cm³/mol. The van der Waals surface area contributed by atoms with Gasteiger partial charge in [0.1, 0.15) is 0 Å². The maximum absolute atomic E-state index is 5.41. The van der Waals surface area contributed by atoms with Crippen LogP contribution >= 0.6 is 11.8 Å². The van der Waals surface area contributed by atoms with Gasteiger partial charge in [0.15, 0.2) is 16.7 Å². The number of benzene rings is 1. The molecule has 0 aromatic heterocycles. The zero-order valence-electron chi connectivity index (χ0n) is 11.5. The van der Waals surface area contributed by atoms with E-state index in [4.69, 9.17) is 9.47 Å². The molecule has 1 saturated heterocycles. The highest BCUT2D eigenvalue weighted by atomic mass is 32.2. The SMILES string of the molecule is c1cc2c(cc1C1=NN=C(N3CCNCC3)SC1)OCO2. The fraction of sp³-hybridized carbons (Fsp3) is 0.429. The molecule has 4 rings (SSSR count). The van der Waals surface area contributed by atoms with Crippen LogP contribution in [0.2, 0.25) is 0 Å². The first kappa shape index (κ1) is 13.0. The lowest BCUT2D eigenvalue weighted by Crippen LogP contribution is -2.46. The summed E-state index contributed by atoms with van der Waals surface area (Å²) in [6, 6.07) is 5.92. The summed E-state index contributed by atoms with van der Waals surface area (Å²) in [7, 11) is 0. The number of hydrogen-bond acceptors (Lipinski definition) is 7. The molecule has 1 fully saturated rings. The molecular weight excluding hydrogens is 288 g/mol. The molecule has 0 unspecified atom stereocenters. The molecule has 3 aliphatic heterocycles. The van der Waals surface area contributed by atoms with Crippen molar-refractivity contribution in [3.63, 3.8) is 0 Å². The second kappa shape index (κ2) is 5.57. The van der Waals surface area contributed by atoms with Gasteiger partial charge in [-0.05, 0) is 18.2 Å². The lowest BCUT2D eigenvalue weighted by atomic mass is 10.1. The fourth-order valence-electron chi connectivity index (χ4n) is 2.52. The summed E-state index contributed by atoms with van der Waals surface area (Å²) in [4.78, 5) is 2.29. The van der Waals surface area contributed by atoms with Crippen LogP contribution in [0.5, 0.6) is 11.5 Å². The van der Waals surface area contributed by atoms with Gasteiger partial charge >= 0.3 is 0 Å². The number of nitrogens with one attached hydrogen (secondary N) is 1. The molecule has 1 aromatic rings. The summed E-state index contributed by atoms with van der Waals surface area (Å²) in [6.45, 7) is 4.32. The molecule has 6 nitrogen and oxygen atoms in total. The zero-order valence-corrected chi connectivity index (χ0v) is 12.4. The average Bonchev–Trinajstić information content (AvgIpc) is 3.03. The molecule has 7 heteroatoms. The highest BCUT2D eigenvalue weighted by Crippen LogP contribution is 2.33. The number of thioether (sulfide) groups is 1. The Morgan fingerprint density at radius 2 is 1.95 bits per heavy atom. The lowest BCUT2D eigenvalue weighted by molar-refractivity contribution is 0.174. The number of ether oxygens (including phenoxy) is 2. The van der Waals surface area contributed by atoms with Gasteiger partial charge in [-0.2, -0.15) is 5.10 Å². The Kier molecular flexibility index (Phi) is 3.44. The summed E-state index contributed by atoms with van der Waals surface area (Å²) >= 11 is 1.75. The molecule has 0 amide bonds. The highest BCUT2D eigenvalue weighted by molar-refractivity contribution is 8.14. The van der Waals surface area contributed by atoms with Crippen LogP contribution in [0.15, 0.2) is 28.4 Å². The Morgan fingerprint density at radius 3 is 2.76 bits per heavy atom. The van der Waals surface area contributed by atoms with Gasteiger partial charge in [-0.15, -0.1) is 5.10 Å². The number of hydrogen-bond donors (Lipinski definition) is 1. The monoisotopic (exact) mass is 304 g/mol. The number of amidine groups is 1. The molecule has 1 N–H and O–H groups in total. The largest absolute Gasteiger partial charge is 0.454 e. The van der Waals surface area contributed by atoms with Crippen LogP contribution in [0.3, 0.4) is 0 Å². The first-order valence-corrected chi connectivity index (χ1v) is 8.02. The van der Waals surface area contributed by atoms with Gasteiger partial charge in [-0.25, -0.2) is 0 Å². The Morgan fingerprint density at radius 1 is 1.10 bits per heavy atom. The van der Waals surface area contributed by atoms with E-state index in [1.165, 1.54) is 0 Å². The van der Waals surface area contributed by atoms with E-state index in [1.807, 2.05) is 18.2 Å². The fourth-order valence-corrected chi connectivity index (χ4v) is 3.48. The second-order valence-corrected chi connectivity index (χ2v) is 5.97. The van der Waals surface area contributed by atoms with E-state index in [1.54, 1.807) is 11.8 Å². The van der Waals surface area contributed by atoms with Crippen molar-refractivity contribution in [3.05, 3.63) is 23.8 Å². The highest BCUT2D eigenvalue weighted by Gasteiger charge is 2.21. The quantitative estimate of drug-likeness (QED) is 0.843. The number of piperazine rings is 1. The molecule has 1 aromatic carbocycles. The van der Waals surface area contributed by atoms with Gasteiger partial charge in [0.25, 0.3) is 0 Å². The molecule has 0 bridgehead atoms. The van der Waals surface area contributed by atoms with Gasteiger partial charge in [0.05, 0.1) is 5.71 Å². The van der Waals surface area contributed by atoms with Crippen molar-refractivity contribution in [2.24, 2.45) is 10.2 Å². The van der Waals surface area contributed by atoms with Crippen LogP contribution in [0.1, 0.15) is 5.56 Å². The third kappa shape index (κ3) is 2.58. The Hall–Kier alpha value is -1.73. The average molecular weight is 304 g/mol. The Balaban J connectivity index is 1.54. The number of rotatable bonds is 1. The normalized spacial score (nSPS) is 21.0. The molecule has 0 aliphatic carbocycles. The molecule has 110 valence electrons. The van der Waals surface area contributed by atoms with Gasteiger partial charge in [-0.3, -0.25) is 0 Å². The zero-order chi connectivity index (χ0) is 14.1. The molecule has 0 atom stereocenters. The van der Waals surface area contributed by atoms with Crippen molar-refractivity contribution < 1.29 is 9.47 Å². The van der Waals surface area contributed by atoms with Crippen LogP contribution in [0.25, 0.3) is 0 Å². The standard InChI is InChI=1S/C14H16N4O2S/c1-2-12-13(20-9-19-12)7-10(1)11-8-21-14(17-16-11)18-5-3-15-4-6-18/h1-2,7,15H,3-6,8-9H2. The topological polar surface area (TPSA) is 58.5 Å².